The molecule has 0 aliphatic heterocycles. The van der Waals surface area contributed by atoms with E-state index >= 15 is 0 Å². The second-order valence-corrected chi connectivity index (χ2v) is 19.7. The summed E-state index contributed by atoms with van der Waals surface area (Å²) in [6.45, 7) is 12.3. The van der Waals surface area contributed by atoms with Gasteiger partial charge in [-0.2, -0.15) is 0 Å². The van der Waals surface area contributed by atoms with Crippen LogP contribution in [0.5, 0.6) is 0 Å². The Balaban J connectivity index is 3.11. The maximum absolute atomic E-state index is 2.53. The van der Waals surface area contributed by atoms with Crippen LogP contribution in [0.2, 0.25) is 29.6 Å². The fourth-order valence-electron chi connectivity index (χ4n) is 2.40. The molecule has 1 rings (SSSR count). The zero-order valence-electron chi connectivity index (χ0n) is 12.0. The van der Waals surface area contributed by atoms with Crippen LogP contribution < -0.4 is 0 Å². The summed E-state index contributed by atoms with van der Waals surface area (Å²) in [6.07, 6.45) is 2.53. The summed E-state index contributed by atoms with van der Waals surface area (Å²) in [7, 11) is -1.13. The van der Waals surface area contributed by atoms with Crippen molar-refractivity contribution >= 4 is 30.4 Å². The quantitative estimate of drug-likeness (QED) is 0.670. The molecule has 0 fully saturated rings. The van der Waals surface area contributed by atoms with Crippen LogP contribution in [0, 0.1) is 0 Å². The van der Waals surface area contributed by atoms with Crippen LogP contribution in [0.4, 0.5) is 0 Å². The normalized spacial score (nSPS) is 12.6. The third-order valence-electron chi connectivity index (χ3n) is 3.41. The van der Waals surface area contributed by atoms with Crippen molar-refractivity contribution in [1.29, 1.82) is 0 Å². The van der Waals surface area contributed by atoms with Crippen LogP contribution >= 0.6 is 0 Å². The minimum atomic E-state index is -1.18. The van der Waals surface area contributed by atoms with Crippen molar-refractivity contribution < 1.29 is 0 Å². The van der Waals surface area contributed by atoms with Gasteiger partial charge >= 0.3 is 113 Å². The van der Waals surface area contributed by atoms with E-state index < -0.39 is 24.3 Å². The summed E-state index contributed by atoms with van der Waals surface area (Å²) in [4.78, 5) is 2.90. The molecule has 0 aromatic heterocycles. The van der Waals surface area contributed by atoms with E-state index in [1.165, 1.54) is 15.5 Å². The summed E-state index contributed by atoms with van der Waals surface area (Å²) in [5.74, 6) is 0. The Bertz CT molecular complexity index is 358. The minimum absolute atomic E-state index is 1.13. The Hall–Kier alpha value is -0.187. The van der Waals surface area contributed by atoms with E-state index in [-0.39, 0.29) is 0 Å². The molecular formula is C15H25GaSi. The third kappa shape index (κ3) is 4.53. The molecule has 0 aliphatic carbocycles. The van der Waals surface area contributed by atoms with Crippen molar-refractivity contribution in [1.82, 2.24) is 0 Å². The van der Waals surface area contributed by atoms with E-state index in [2.05, 4.69) is 69.9 Å². The van der Waals surface area contributed by atoms with Gasteiger partial charge in [0, 0.05) is 0 Å². The summed E-state index contributed by atoms with van der Waals surface area (Å²) < 4.78 is 1.90. The molecule has 0 heterocycles. The topological polar surface area (TPSA) is 0 Å². The van der Waals surface area contributed by atoms with E-state index in [1.54, 1.807) is 0 Å². The van der Waals surface area contributed by atoms with Crippen LogP contribution in [-0.2, 0) is 0 Å². The van der Waals surface area contributed by atoms with Crippen LogP contribution in [0.1, 0.15) is 19.4 Å². The molecule has 0 nitrogen and oxygen atoms in total. The van der Waals surface area contributed by atoms with Gasteiger partial charge in [0.2, 0.25) is 0 Å². The van der Waals surface area contributed by atoms with Gasteiger partial charge in [0.1, 0.15) is 0 Å². The molecule has 17 heavy (non-hydrogen) atoms. The van der Waals surface area contributed by atoms with Gasteiger partial charge in [-0.25, -0.2) is 0 Å². The summed E-state index contributed by atoms with van der Waals surface area (Å²) in [5, 5.41) is 0. The van der Waals surface area contributed by atoms with E-state index in [0.717, 1.165) is 0 Å². The number of rotatable bonds is 5. The molecule has 1 aromatic rings. The van der Waals surface area contributed by atoms with Gasteiger partial charge in [0.15, 0.2) is 0 Å². The zero-order valence-corrected chi connectivity index (χ0v) is 15.4. The monoisotopic (exact) mass is 302 g/mol. The predicted octanol–water partition coefficient (Wildman–Crippen LogP) is 5.02. The molecule has 0 saturated carbocycles. The average Bonchev–Trinajstić information content (AvgIpc) is 2.29. The van der Waals surface area contributed by atoms with Crippen molar-refractivity contribution in [3.8, 4) is 0 Å². The van der Waals surface area contributed by atoms with E-state index in [4.69, 9.17) is 0 Å². The van der Waals surface area contributed by atoms with Crippen LogP contribution in [0.15, 0.2) is 34.1 Å². The first-order chi connectivity index (χ1) is 7.99. The summed E-state index contributed by atoms with van der Waals surface area (Å²) in [6, 6.07) is 10.9. The molecule has 0 unspecified atom stereocenters. The molecule has 0 spiro atoms. The Morgan fingerprint density at radius 2 is 1.59 bits per heavy atom. The van der Waals surface area contributed by atoms with Gasteiger partial charge in [0.25, 0.3) is 0 Å². The molecule has 0 saturated heterocycles. The summed E-state index contributed by atoms with van der Waals surface area (Å²) in [5.41, 5.74) is 1.41. The van der Waals surface area contributed by atoms with Gasteiger partial charge in [-0.15, -0.1) is 0 Å². The van der Waals surface area contributed by atoms with Crippen LogP contribution in [-0.4, -0.2) is 24.3 Å². The van der Waals surface area contributed by atoms with E-state index in [9.17, 15) is 0 Å². The molecule has 0 N–H and O–H groups in total. The van der Waals surface area contributed by atoms with Crippen molar-refractivity contribution in [3.63, 3.8) is 0 Å². The Morgan fingerprint density at radius 1 is 1.06 bits per heavy atom. The predicted molar refractivity (Wildman–Crippen MR) is 84.5 cm³/mol. The number of hydrogen-bond acceptors (Lipinski definition) is 0. The molecule has 0 radical (unpaired) electrons. The first kappa shape index (κ1) is 14.9. The van der Waals surface area contributed by atoms with Gasteiger partial charge in [0.05, 0.1) is 0 Å². The van der Waals surface area contributed by atoms with Crippen molar-refractivity contribution in [2.45, 2.75) is 43.4 Å². The second-order valence-electron chi connectivity index (χ2n) is 5.77. The van der Waals surface area contributed by atoms with Crippen molar-refractivity contribution in [3.05, 3.63) is 39.6 Å². The molecule has 0 aliphatic rings. The fraction of sp³-hybridized carbons (Fsp3) is 0.467. The SMILES string of the molecule is C[CH2][Ga]([CH2]C)/[C](=C\c1ccccc1)[Si](C)(C)C. The first-order valence-electron chi connectivity index (χ1n) is 6.76. The van der Waals surface area contributed by atoms with Crippen molar-refractivity contribution in [2.75, 3.05) is 0 Å². The average molecular weight is 303 g/mol. The first-order valence-corrected chi connectivity index (χ1v) is 14.9. The molecule has 0 bridgehead atoms. The maximum atomic E-state index is 2.53. The van der Waals surface area contributed by atoms with Crippen LogP contribution in [0.3, 0.4) is 0 Å². The van der Waals surface area contributed by atoms with Gasteiger partial charge < -0.3 is 0 Å². The third-order valence-corrected chi connectivity index (χ3v) is 19.2. The number of hydrogen-bond donors (Lipinski definition) is 0. The Morgan fingerprint density at radius 3 is 2.00 bits per heavy atom. The zero-order chi connectivity index (χ0) is 12.9. The molecule has 2 heteroatoms. The fourth-order valence-corrected chi connectivity index (χ4v) is 18.0. The molecule has 0 amide bonds. The second kappa shape index (κ2) is 6.67. The Kier molecular flexibility index (Phi) is 5.83. The van der Waals surface area contributed by atoms with Gasteiger partial charge in [-0.1, -0.05) is 0 Å². The molecular weight excluding hydrogens is 278 g/mol. The van der Waals surface area contributed by atoms with E-state index in [1.807, 2.05) is 3.75 Å². The molecule has 0 atom stereocenters. The standard InChI is InChI=1S/C11H15Si.2C2H5.Ga/c1-12(2,3)10-9-11-7-5-4-6-8-11;2*1-2;/h4-9H,1-3H3;2*1H2,2H3;. The molecule has 92 valence electrons. The van der Waals surface area contributed by atoms with Crippen LogP contribution in [0.25, 0.3) is 6.08 Å². The Labute approximate surface area is 113 Å². The van der Waals surface area contributed by atoms with E-state index in [0.29, 0.717) is 0 Å². The number of benzene rings is 1. The summed E-state index contributed by atoms with van der Waals surface area (Å²) >= 11 is -1.18. The molecule has 1 aromatic carbocycles. The van der Waals surface area contributed by atoms with Crippen molar-refractivity contribution in [2.24, 2.45) is 0 Å². The van der Waals surface area contributed by atoms with Gasteiger partial charge in [-0.3, -0.25) is 0 Å². The van der Waals surface area contributed by atoms with Gasteiger partial charge in [-0.05, 0) is 0 Å².